The number of anilines is 1. The fraction of sp³-hybridized carbons (Fsp3) is 0.316. The smallest absolute Gasteiger partial charge is 0.269 e. The largest absolute Gasteiger partial charge is 0.380 e. The number of rotatable bonds is 6. The lowest BCUT2D eigenvalue weighted by Crippen LogP contribution is -2.31. The van der Waals surface area contributed by atoms with Gasteiger partial charge in [0.2, 0.25) is 5.91 Å². The second kappa shape index (κ2) is 8.27. The van der Waals surface area contributed by atoms with Crippen LogP contribution in [0.4, 0.5) is 5.69 Å². The van der Waals surface area contributed by atoms with Crippen LogP contribution in [0.2, 0.25) is 0 Å². The van der Waals surface area contributed by atoms with Gasteiger partial charge in [-0.15, -0.1) is 0 Å². The molecule has 0 saturated heterocycles. The van der Waals surface area contributed by atoms with Crippen molar-refractivity contribution in [3.63, 3.8) is 0 Å². The Morgan fingerprint density at radius 2 is 2.04 bits per heavy atom. The number of carbonyl (C=O) groups is 1. The molecule has 0 unspecified atom stereocenters. The second-order valence-electron chi connectivity index (χ2n) is 5.68. The van der Waals surface area contributed by atoms with E-state index >= 15 is 0 Å². The first-order chi connectivity index (χ1) is 12.0. The maximum Gasteiger partial charge on any atom is 0.269 e. The molecule has 0 bridgehead atoms. The average molecular weight is 339 g/mol. The molecule has 2 rings (SSSR count). The Kier molecular flexibility index (Phi) is 6.09. The number of pyridine rings is 1. The molecule has 0 atom stereocenters. The molecule has 130 valence electrons. The lowest BCUT2D eigenvalue weighted by Gasteiger charge is -2.14. The highest BCUT2D eigenvalue weighted by atomic mass is 16.5. The van der Waals surface area contributed by atoms with Crippen molar-refractivity contribution in [2.24, 2.45) is 0 Å². The molecule has 1 aromatic carbocycles. The first-order valence-corrected chi connectivity index (χ1v) is 8.01. The van der Waals surface area contributed by atoms with Crippen LogP contribution in [0.5, 0.6) is 0 Å². The Morgan fingerprint density at radius 1 is 1.32 bits per heavy atom. The zero-order chi connectivity index (χ0) is 18.4. The van der Waals surface area contributed by atoms with Crippen LogP contribution in [0.15, 0.2) is 35.1 Å². The van der Waals surface area contributed by atoms with Crippen LogP contribution in [0.3, 0.4) is 0 Å². The number of nitrogens with zero attached hydrogens (tertiary/aromatic N) is 2. The van der Waals surface area contributed by atoms with Crippen molar-refractivity contribution in [1.82, 2.24) is 4.57 Å². The van der Waals surface area contributed by atoms with E-state index in [2.05, 4.69) is 5.32 Å². The number of aryl methyl sites for hydroxylation is 2. The number of ether oxygens (including phenoxy) is 1. The second-order valence-corrected chi connectivity index (χ2v) is 5.68. The molecule has 1 aromatic heterocycles. The van der Waals surface area contributed by atoms with Gasteiger partial charge in [-0.3, -0.25) is 9.59 Å². The minimum Gasteiger partial charge on any atom is -0.380 e. The van der Waals surface area contributed by atoms with Gasteiger partial charge < -0.3 is 14.6 Å². The quantitative estimate of drug-likeness (QED) is 0.876. The van der Waals surface area contributed by atoms with E-state index < -0.39 is 5.56 Å². The van der Waals surface area contributed by atoms with Gasteiger partial charge in [-0.05, 0) is 31.0 Å². The van der Waals surface area contributed by atoms with Crippen molar-refractivity contribution >= 4 is 11.6 Å². The van der Waals surface area contributed by atoms with Gasteiger partial charge in [0.15, 0.2) is 0 Å². The summed E-state index contributed by atoms with van der Waals surface area (Å²) in [4.78, 5) is 24.9. The summed E-state index contributed by atoms with van der Waals surface area (Å²) in [5.74, 6) is -0.311. The van der Waals surface area contributed by atoms with Gasteiger partial charge in [0.05, 0.1) is 6.61 Å². The SMILES string of the molecule is CCc1ccccc1NC(=O)Cn1c(C)cc(COC)c(C#N)c1=O. The third-order valence-electron chi connectivity index (χ3n) is 3.97. The Balaban J connectivity index is 2.30. The van der Waals surface area contributed by atoms with Gasteiger partial charge >= 0.3 is 0 Å². The Hall–Kier alpha value is -2.91. The highest BCUT2D eigenvalue weighted by Gasteiger charge is 2.15. The third kappa shape index (κ3) is 4.14. The van der Waals surface area contributed by atoms with Crippen LogP contribution in [-0.2, 0) is 29.1 Å². The van der Waals surface area contributed by atoms with Crippen molar-refractivity contribution in [3.8, 4) is 6.07 Å². The number of nitriles is 1. The van der Waals surface area contributed by atoms with Gasteiger partial charge in [-0.1, -0.05) is 25.1 Å². The first kappa shape index (κ1) is 18.4. The van der Waals surface area contributed by atoms with E-state index in [0.717, 1.165) is 17.7 Å². The molecule has 25 heavy (non-hydrogen) atoms. The number of hydrogen-bond acceptors (Lipinski definition) is 4. The summed E-state index contributed by atoms with van der Waals surface area (Å²) < 4.78 is 6.33. The van der Waals surface area contributed by atoms with Gasteiger partial charge in [-0.2, -0.15) is 5.26 Å². The minimum atomic E-state index is -0.478. The summed E-state index contributed by atoms with van der Waals surface area (Å²) in [6.07, 6.45) is 0.791. The van der Waals surface area contributed by atoms with E-state index in [0.29, 0.717) is 11.3 Å². The number of amides is 1. The number of benzene rings is 1. The van der Waals surface area contributed by atoms with E-state index in [9.17, 15) is 14.9 Å². The number of nitrogens with one attached hydrogen (secondary N) is 1. The number of hydrogen-bond donors (Lipinski definition) is 1. The third-order valence-corrected chi connectivity index (χ3v) is 3.97. The van der Waals surface area contributed by atoms with Crippen molar-refractivity contribution in [3.05, 3.63) is 63.1 Å². The number of para-hydroxylation sites is 1. The average Bonchev–Trinajstić information content (AvgIpc) is 2.59. The van der Waals surface area contributed by atoms with Crippen LogP contribution < -0.4 is 10.9 Å². The van der Waals surface area contributed by atoms with Crippen LogP contribution in [0, 0.1) is 18.3 Å². The van der Waals surface area contributed by atoms with Crippen molar-refractivity contribution in [2.45, 2.75) is 33.4 Å². The Bertz CT molecular complexity index is 878. The molecule has 0 aliphatic rings. The van der Waals surface area contributed by atoms with E-state index in [1.54, 1.807) is 13.0 Å². The molecule has 6 heteroatoms. The lowest BCUT2D eigenvalue weighted by atomic mass is 10.1. The summed E-state index contributed by atoms with van der Waals surface area (Å²) in [6, 6.07) is 11.2. The van der Waals surface area contributed by atoms with Gasteiger partial charge in [-0.25, -0.2) is 0 Å². The van der Waals surface area contributed by atoms with E-state index in [1.165, 1.54) is 11.7 Å². The number of carbonyl (C=O) groups excluding carboxylic acids is 1. The van der Waals surface area contributed by atoms with Crippen molar-refractivity contribution < 1.29 is 9.53 Å². The molecular formula is C19H21N3O3. The van der Waals surface area contributed by atoms with Crippen molar-refractivity contribution in [2.75, 3.05) is 12.4 Å². The molecule has 6 nitrogen and oxygen atoms in total. The summed E-state index contributed by atoms with van der Waals surface area (Å²) in [5.41, 5.74) is 2.42. The molecule has 2 aromatic rings. The van der Waals surface area contributed by atoms with Gasteiger partial charge in [0, 0.05) is 24.1 Å². The molecule has 0 spiro atoms. The predicted molar refractivity (Wildman–Crippen MR) is 95.3 cm³/mol. The summed E-state index contributed by atoms with van der Waals surface area (Å²) >= 11 is 0. The summed E-state index contributed by atoms with van der Waals surface area (Å²) in [7, 11) is 1.50. The summed E-state index contributed by atoms with van der Waals surface area (Å²) in [5, 5.41) is 12.1. The maximum atomic E-state index is 12.5. The van der Waals surface area contributed by atoms with Gasteiger partial charge in [0.25, 0.3) is 5.56 Å². The molecule has 1 amide bonds. The zero-order valence-electron chi connectivity index (χ0n) is 14.6. The molecule has 0 fully saturated rings. The van der Waals surface area contributed by atoms with Crippen LogP contribution >= 0.6 is 0 Å². The normalized spacial score (nSPS) is 10.3. The predicted octanol–water partition coefficient (Wildman–Crippen LogP) is 2.38. The molecule has 0 aliphatic carbocycles. The van der Waals surface area contributed by atoms with E-state index in [1.807, 2.05) is 37.3 Å². The highest BCUT2D eigenvalue weighted by molar-refractivity contribution is 5.91. The van der Waals surface area contributed by atoms with Crippen molar-refractivity contribution in [1.29, 1.82) is 5.26 Å². The van der Waals surface area contributed by atoms with Gasteiger partial charge in [0.1, 0.15) is 18.2 Å². The standard InChI is InChI=1S/C19H21N3O3/c1-4-14-7-5-6-8-17(14)21-18(23)11-22-13(2)9-15(12-25-3)16(10-20)19(22)24/h5-9H,4,11-12H2,1-3H3,(H,21,23). The number of aromatic nitrogens is 1. The highest BCUT2D eigenvalue weighted by Crippen LogP contribution is 2.15. The topological polar surface area (TPSA) is 84.1 Å². The monoisotopic (exact) mass is 339 g/mol. The summed E-state index contributed by atoms with van der Waals surface area (Å²) in [6.45, 7) is 3.77. The minimum absolute atomic E-state index is 0.00853. The zero-order valence-corrected chi connectivity index (χ0v) is 14.6. The molecular weight excluding hydrogens is 318 g/mol. The fourth-order valence-electron chi connectivity index (χ4n) is 2.70. The van der Waals surface area contributed by atoms with E-state index in [4.69, 9.17) is 4.74 Å². The fourth-order valence-corrected chi connectivity index (χ4v) is 2.70. The molecule has 0 saturated carbocycles. The lowest BCUT2D eigenvalue weighted by molar-refractivity contribution is -0.116. The number of methoxy groups -OCH3 is 1. The molecule has 0 aliphatic heterocycles. The maximum absolute atomic E-state index is 12.5. The van der Waals surface area contributed by atoms with Crippen LogP contribution in [0.1, 0.15) is 29.3 Å². The molecule has 1 N–H and O–H groups in total. The van der Waals surface area contributed by atoms with Crippen LogP contribution in [0.25, 0.3) is 0 Å². The van der Waals surface area contributed by atoms with E-state index in [-0.39, 0.29) is 24.6 Å². The molecule has 0 radical (unpaired) electrons. The first-order valence-electron chi connectivity index (χ1n) is 8.01. The molecule has 1 heterocycles. The Labute approximate surface area is 146 Å². The van der Waals surface area contributed by atoms with Crippen LogP contribution in [-0.4, -0.2) is 17.6 Å². The Morgan fingerprint density at radius 3 is 2.68 bits per heavy atom.